The molecule has 0 heterocycles. The first-order valence-electron chi connectivity index (χ1n) is 8.24. The van der Waals surface area contributed by atoms with Crippen LogP contribution in [-0.4, -0.2) is 0 Å². The molecular weight excluding hydrogens is 228 g/mol. The molecule has 0 aliphatic carbocycles. The molecule has 0 saturated carbocycles. The highest BCUT2D eigenvalue weighted by atomic mass is 14.0. The molecule has 0 aromatic rings. The van der Waals surface area contributed by atoms with Crippen molar-refractivity contribution in [3.8, 4) is 0 Å². The van der Waals surface area contributed by atoms with Crippen molar-refractivity contribution in [2.24, 2.45) is 0 Å². The summed E-state index contributed by atoms with van der Waals surface area (Å²) in [4.78, 5) is 0. The van der Waals surface area contributed by atoms with E-state index >= 15 is 0 Å². The van der Waals surface area contributed by atoms with Gasteiger partial charge in [-0.2, -0.15) is 0 Å². The molecule has 0 nitrogen and oxygen atoms in total. The molecule has 0 aliphatic heterocycles. The summed E-state index contributed by atoms with van der Waals surface area (Å²) in [6.45, 7) is 9.83. The van der Waals surface area contributed by atoms with E-state index in [1.807, 2.05) is 12.2 Å². The van der Waals surface area contributed by atoms with Crippen molar-refractivity contribution < 1.29 is 0 Å². The van der Waals surface area contributed by atoms with Crippen LogP contribution in [0.15, 0.2) is 37.0 Å². The fourth-order valence-electron chi connectivity index (χ4n) is 2.31. The number of unbranched alkanes of at least 4 members (excludes halogenated alkanes) is 7. The number of allylic oxidation sites excluding steroid dienone is 4. The molecule has 0 bridgehead atoms. The van der Waals surface area contributed by atoms with Gasteiger partial charge in [0.1, 0.15) is 0 Å². The maximum absolute atomic E-state index is 3.79. The van der Waals surface area contributed by atoms with Crippen LogP contribution in [0.1, 0.15) is 84.0 Å². The molecule has 0 unspecified atom stereocenters. The summed E-state index contributed by atoms with van der Waals surface area (Å²) in [7, 11) is 0. The zero-order valence-electron chi connectivity index (χ0n) is 13.1. The summed E-state index contributed by atoms with van der Waals surface area (Å²) < 4.78 is 0. The van der Waals surface area contributed by atoms with E-state index in [0.717, 1.165) is 0 Å². The smallest absolute Gasteiger partial charge is 0.0320 e. The van der Waals surface area contributed by atoms with Gasteiger partial charge in [-0.3, -0.25) is 0 Å². The van der Waals surface area contributed by atoms with Gasteiger partial charge in [0.05, 0.1) is 0 Å². The minimum absolute atomic E-state index is 1.17. The third kappa shape index (κ3) is 13.5. The first-order chi connectivity index (χ1) is 9.35. The van der Waals surface area contributed by atoms with E-state index < -0.39 is 0 Å². The molecule has 0 amide bonds. The first kappa shape index (κ1) is 18.2. The first-order valence-corrected chi connectivity index (χ1v) is 8.24. The van der Waals surface area contributed by atoms with Crippen LogP contribution < -0.4 is 0 Å². The average Bonchev–Trinajstić information content (AvgIpc) is 2.43. The standard InChI is InChI=1S/C19H34/c1-4-7-10-12-13-15-18-19(16-9-6-3)17-14-11-8-5-2/h4-5,16H,1-2,6-15,17-18H2,3H3. The third-order valence-electron chi connectivity index (χ3n) is 3.53. The van der Waals surface area contributed by atoms with E-state index in [4.69, 9.17) is 0 Å². The maximum atomic E-state index is 3.79. The van der Waals surface area contributed by atoms with Gasteiger partial charge in [-0.15, -0.1) is 13.2 Å². The lowest BCUT2D eigenvalue weighted by molar-refractivity contribution is 0.625. The van der Waals surface area contributed by atoms with Gasteiger partial charge in [0.2, 0.25) is 0 Å². The predicted octanol–water partition coefficient (Wildman–Crippen LogP) is 6.99. The van der Waals surface area contributed by atoms with Crippen LogP contribution >= 0.6 is 0 Å². The number of hydrogen-bond donors (Lipinski definition) is 0. The summed E-state index contributed by atoms with van der Waals surface area (Å²) in [5, 5.41) is 0. The molecule has 0 rings (SSSR count). The molecule has 0 atom stereocenters. The Morgan fingerprint density at radius 2 is 1.26 bits per heavy atom. The second-order valence-corrected chi connectivity index (χ2v) is 5.43. The third-order valence-corrected chi connectivity index (χ3v) is 3.53. The molecule has 19 heavy (non-hydrogen) atoms. The Morgan fingerprint density at radius 1 is 0.737 bits per heavy atom. The molecule has 0 fully saturated rings. The molecule has 0 spiro atoms. The minimum Gasteiger partial charge on any atom is -0.103 e. The molecule has 110 valence electrons. The van der Waals surface area contributed by atoms with Crippen molar-refractivity contribution >= 4 is 0 Å². The molecule has 0 saturated heterocycles. The Balaban J connectivity index is 3.73. The summed E-state index contributed by atoms with van der Waals surface area (Å²) in [6, 6.07) is 0. The van der Waals surface area contributed by atoms with Crippen molar-refractivity contribution in [1.82, 2.24) is 0 Å². The Hall–Kier alpha value is -0.780. The highest BCUT2D eigenvalue weighted by molar-refractivity contribution is 5.01. The van der Waals surface area contributed by atoms with Crippen LogP contribution in [0.4, 0.5) is 0 Å². The van der Waals surface area contributed by atoms with Crippen molar-refractivity contribution in [3.05, 3.63) is 37.0 Å². The fourth-order valence-corrected chi connectivity index (χ4v) is 2.31. The van der Waals surface area contributed by atoms with Gasteiger partial charge < -0.3 is 0 Å². The quantitative estimate of drug-likeness (QED) is 0.234. The summed E-state index contributed by atoms with van der Waals surface area (Å²) in [6.07, 6.45) is 22.1. The monoisotopic (exact) mass is 262 g/mol. The Morgan fingerprint density at radius 3 is 1.84 bits per heavy atom. The Bertz CT molecular complexity index is 234. The number of hydrogen-bond acceptors (Lipinski definition) is 0. The highest BCUT2D eigenvalue weighted by Crippen LogP contribution is 2.18. The normalized spacial score (nSPS) is 11.5. The van der Waals surface area contributed by atoms with Gasteiger partial charge in [-0.05, 0) is 57.8 Å². The van der Waals surface area contributed by atoms with Gasteiger partial charge in [-0.1, -0.05) is 50.0 Å². The van der Waals surface area contributed by atoms with Crippen LogP contribution in [0.2, 0.25) is 0 Å². The van der Waals surface area contributed by atoms with E-state index in [1.165, 1.54) is 77.0 Å². The van der Waals surface area contributed by atoms with E-state index in [1.54, 1.807) is 5.57 Å². The molecule has 0 heteroatoms. The Labute approximate surface area is 121 Å². The summed E-state index contributed by atoms with van der Waals surface area (Å²) in [5.41, 5.74) is 1.70. The van der Waals surface area contributed by atoms with Gasteiger partial charge >= 0.3 is 0 Å². The van der Waals surface area contributed by atoms with Crippen LogP contribution in [0.3, 0.4) is 0 Å². The SMILES string of the molecule is C=CCCCCCCC(=CCCC)CCCCC=C. The molecule has 0 radical (unpaired) electrons. The van der Waals surface area contributed by atoms with Crippen LogP contribution in [-0.2, 0) is 0 Å². The average molecular weight is 262 g/mol. The molecule has 0 aromatic heterocycles. The zero-order valence-corrected chi connectivity index (χ0v) is 13.1. The van der Waals surface area contributed by atoms with E-state index in [9.17, 15) is 0 Å². The maximum Gasteiger partial charge on any atom is -0.0320 e. The fraction of sp³-hybridized carbons (Fsp3) is 0.684. The van der Waals surface area contributed by atoms with Crippen LogP contribution in [0.25, 0.3) is 0 Å². The minimum atomic E-state index is 1.17. The van der Waals surface area contributed by atoms with E-state index in [2.05, 4.69) is 26.2 Å². The van der Waals surface area contributed by atoms with E-state index in [0.29, 0.717) is 0 Å². The summed E-state index contributed by atoms with van der Waals surface area (Å²) >= 11 is 0. The molecular formula is C19H34. The molecule has 0 aliphatic rings. The van der Waals surface area contributed by atoms with Crippen molar-refractivity contribution in [1.29, 1.82) is 0 Å². The molecule has 0 N–H and O–H groups in total. The Kier molecular flexibility index (Phi) is 14.7. The van der Waals surface area contributed by atoms with Crippen molar-refractivity contribution in [3.63, 3.8) is 0 Å². The lowest BCUT2D eigenvalue weighted by Crippen LogP contribution is -1.88. The second-order valence-electron chi connectivity index (χ2n) is 5.43. The highest BCUT2D eigenvalue weighted by Gasteiger charge is 1.98. The largest absolute Gasteiger partial charge is 0.103 e. The van der Waals surface area contributed by atoms with Crippen molar-refractivity contribution in [2.75, 3.05) is 0 Å². The lowest BCUT2D eigenvalue weighted by atomic mass is 9.99. The zero-order chi connectivity index (χ0) is 14.2. The lowest BCUT2D eigenvalue weighted by Gasteiger charge is -2.07. The van der Waals surface area contributed by atoms with Gasteiger partial charge in [0.25, 0.3) is 0 Å². The topological polar surface area (TPSA) is 0 Å². The van der Waals surface area contributed by atoms with Gasteiger partial charge in [0.15, 0.2) is 0 Å². The summed E-state index contributed by atoms with van der Waals surface area (Å²) in [5.74, 6) is 0. The van der Waals surface area contributed by atoms with Crippen molar-refractivity contribution in [2.45, 2.75) is 84.0 Å². The predicted molar refractivity (Wildman–Crippen MR) is 89.6 cm³/mol. The molecule has 0 aromatic carbocycles. The van der Waals surface area contributed by atoms with E-state index in [-0.39, 0.29) is 0 Å². The van der Waals surface area contributed by atoms with Gasteiger partial charge in [-0.25, -0.2) is 0 Å². The number of rotatable bonds is 14. The van der Waals surface area contributed by atoms with Crippen LogP contribution in [0, 0.1) is 0 Å². The van der Waals surface area contributed by atoms with Gasteiger partial charge in [0, 0.05) is 0 Å². The second kappa shape index (κ2) is 15.3. The van der Waals surface area contributed by atoms with Crippen LogP contribution in [0.5, 0.6) is 0 Å².